The highest BCUT2D eigenvalue weighted by Crippen LogP contribution is 2.47. The van der Waals surface area contributed by atoms with Crippen LogP contribution in [0.15, 0.2) is 24.4 Å². The zero-order chi connectivity index (χ0) is 21.1. The number of hydrogen-bond acceptors (Lipinski definition) is 5. The van der Waals surface area contributed by atoms with Crippen LogP contribution in [0.2, 0.25) is 0 Å². The molecule has 1 aromatic heterocycles. The molecule has 0 radical (unpaired) electrons. The number of hydrogen-bond donors (Lipinski definition) is 2. The molecule has 3 fully saturated rings. The van der Waals surface area contributed by atoms with Crippen LogP contribution in [0.1, 0.15) is 44.2 Å². The van der Waals surface area contributed by atoms with Crippen molar-refractivity contribution in [2.45, 2.75) is 51.1 Å². The Kier molecular flexibility index (Phi) is 6.04. The predicted octanol–water partition coefficient (Wildman–Crippen LogP) is 0.666. The molecule has 1 saturated carbocycles. The van der Waals surface area contributed by atoms with E-state index in [0.717, 1.165) is 44.5 Å². The third-order valence-electron chi connectivity index (χ3n) is 6.89. The highest BCUT2D eigenvalue weighted by atomic mass is 16.2. The molecule has 3 N–H and O–H groups in total. The minimum absolute atomic E-state index is 0.00767. The van der Waals surface area contributed by atoms with Crippen molar-refractivity contribution in [2.24, 2.45) is 17.1 Å². The van der Waals surface area contributed by atoms with Gasteiger partial charge < -0.3 is 16.0 Å². The van der Waals surface area contributed by atoms with Gasteiger partial charge in [0.05, 0.1) is 18.2 Å². The van der Waals surface area contributed by atoms with Gasteiger partial charge in [-0.25, -0.2) is 0 Å². The number of primary amides is 1. The molecule has 4 rings (SSSR count). The second-order valence-corrected chi connectivity index (χ2v) is 8.84. The molecule has 0 aromatic carbocycles. The van der Waals surface area contributed by atoms with E-state index >= 15 is 0 Å². The van der Waals surface area contributed by atoms with E-state index in [1.54, 1.807) is 6.20 Å². The first-order valence-corrected chi connectivity index (χ1v) is 11.0. The number of aromatic nitrogens is 1. The van der Waals surface area contributed by atoms with Crippen LogP contribution in [-0.4, -0.2) is 64.7 Å². The summed E-state index contributed by atoms with van der Waals surface area (Å²) in [6.45, 7) is 3.53. The first-order valence-electron chi connectivity index (χ1n) is 11.0. The first kappa shape index (κ1) is 20.8. The van der Waals surface area contributed by atoms with Crippen molar-refractivity contribution >= 4 is 17.7 Å². The van der Waals surface area contributed by atoms with E-state index in [1.165, 1.54) is 0 Å². The molecule has 3 aliphatic rings. The highest BCUT2D eigenvalue weighted by molar-refractivity contribution is 6.07. The molecule has 2 saturated heterocycles. The maximum absolute atomic E-state index is 12.7. The maximum Gasteiger partial charge on any atom is 0.238 e. The lowest BCUT2D eigenvalue weighted by Crippen LogP contribution is -2.53. The number of likely N-dealkylation sites (tertiary alicyclic amines) is 2. The van der Waals surface area contributed by atoms with E-state index in [9.17, 15) is 14.4 Å². The van der Waals surface area contributed by atoms with E-state index in [2.05, 4.69) is 15.2 Å². The molecule has 3 heterocycles. The van der Waals surface area contributed by atoms with E-state index in [4.69, 9.17) is 5.73 Å². The molecule has 8 nitrogen and oxygen atoms in total. The molecular formula is C22H31N5O3. The van der Waals surface area contributed by atoms with Gasteiger partial charge in [0.25, 0.3) is 0 Å². The second kappa shape index (κ2) is 8.71. The summed E-state index contributed by atoms with van der Waals surface area (Å²) in [5.74, 6) is -0.481. The molecule has 1 aliphatic carbocycles. The molecule has 162 valence electrons. The average Bonchev–Trinajstić information content (AvgIpc) is 3.60. The summed E-state index contributed by atoms with van der Waals surface area (Å²) >= 11 is 0. The van der Waals surface area contributed by atoms with Crippen molar-refractivity contribution in [1.82, 2.24) is 20.1 Å². The Bertz CT molecular complexity index is 787. The summed E-state index contributed by atoms with van der Waals surface area (Å²) in [7, 11) is 0. The molecule has 0 spiro atoms. The van der Waals surface area contributed by atoms with Crippen LogP contribution in [0, 0.1) is 11.3 Å². The fourth-order valence-electron chi connectivity index (χ4n) is 4.80. The molecule has 8 heteroatoms. The van der Waals surface area contributed by atoms with Crippen molar-refractivity contribution in [1.29, 1.82) is 0 Å². The Morgan fingerprint density at radius 1 is 1.13 bits per heavy atom. The first-order chi connectivity index (χ1) is 14.5. The predicted molar refractivity (Wildman–Crippen MR) is 111 cm³/mol. The zero-order valence-electron chi connectivity index (χ0n) is 17.4. The Morgan fingerprint density at radius 3 is 2.53 bits per heavy atom. The fourth-order valence-corrected chi connectivity index (χ4v) is 4.80. The number of carbonyl (C=O) groups excluding carboxylic acids is 3. The molecule has 2 aliphatic heterocycles. The molecular weight excluding hydrogens is 382 g/mol. The van der Waals surface area contributed by atoms with Gasteiger partial charge in [0.2, 0.25) is 17.7 Å². The number of carbonyl (C=O) groups is 3. The lowest BCUT2D eigenvalue weighted by Gasteiger charge is -2.42. The second-order valence-electron chi connectivity index (χ2n) is 8.84. The van der Waals surface area contributed by atoms with E-state index in [1.807, 2.05) is 23.1 Å². The average molecular weight is 414 g/mol. The van der Waals surface area contributed by atoms with Gasteiger partial charge in [-0.15, -0.1) is 0 Å². The molecule has 0 unspecified atom stereocenters. The summed E-state index contributed by atoms with van der Waals surface area (Å²) in [6, 6.07) is 6.07. The highest BCUT2D eigenvalue weighted by Gasteiger charge is 2.57. The summed E-state index contributed by atoms with van der Waals surface area (Å²) < 4.78 is 0. The number of pyridine rings is 1. The van der Waals surface area contributed by atoms with Gasteiger partial charge >= 0.3 is 0 Å². The number of piperidine rings is 2. The van der Waals surface area contributed by atoms with Gasteiger partial charge in [0, 0.05) is 31.9 Å². The van der Waals surface area contributed by atoms with Crippen LogP contribution in [-0.2, 0) is 20.9 Å². The normalized spacial score (nSPS) is 24.3. The zero-order valence-corrected chi connectivity index (χ0v) is 17.4. The smallest absolute Gasteiger partial charge is 0.238 e. The van der Waals surface area contributed by atoms with Crippen LogP contribution < -0.4 is 11.1 Å². The standard InChI is InChI=1S/C22H31N5O3/c23-20(29)22(8-9-22)21(30)26-12-6-18(7-13-26)27-11-3-4-16(15-27)19(28)25-14-17-5-1-2-10-24-17/h1-2,5,10,16,18H,3-4,6-9,11-15H2,(H2,23,29)(H,25,28)/t16-/m0/s1. The van der Waals surface area contributed by atoms with E-state index in [0.29, 0.717) is 38.5 Å². The van der Waals surface area contributed by atoms with Crippen LogP contribution in [0.25, 0.3) is 0 Å². The van der Waals surface area contributed by atoms with Gasteiger partial charge in [-0.2, -0.15) is 0 Å². The molecule has 1 atom stereocenters. The van der Waals surface area contributed by atoms with Crippen molar-refractivity contribution in [2.75, 3.05) is 26.2 Å². The summed E-state index contributed by atoms with van der Waals surface area (Å²) in [5.41, 5.74) is 5.39. The third-order valence-corrected chi connectivity index (χ3v) is 6.89. The number of nitrogens with two attached hydrogens (primary N) is 1. The van der Waals surface area contributed by atoms with Crippen molar-refractivity contribution in [3.63, 3.8) is 0 Å². The monoisotopic (exact) mass is 413 g/mol. The SMILES string of the molecule is NC(=O)C1(C(=O)N2CCC(N3CCC[C@H](C(=O)NCc4ccccn4)C3)CC2)CC1. The molecule has 3 amide bonds. The van der Waals surface area contributed by atoms with Crippen LogP contribution >= 0.6 is 0 Å². The molecule has 0 bridgehead atoms. The number of amides is 3. The number of nitrogens with zero attached hydrogens (tertiary/aromatic N) is 3. The fraction of sp³-hybridized carbons (Fsp3) is 0.636. The lowest BCUT2D eigenvalue weighted by molar-refractivity contribution is -0.144. The number of nitrogens with one attached hydrogen (secondary N) is 1. The topological polar surface area (TPSA) is 109 Å². The largest absolute Gasteiger partial charge is 0.369 e. The van der Waals surface area contributed by atoms with Crippen molar-refractivity contribution in [3.8, 4) is 0 Å². The van der Waals surface area contributed by atoms with Gasteiger partial charge in [0.15, 0.2) is 0 Å². The van der Waals surface area contributed by atoms with Gasteiger partial charge in [0.1, 0.15) is 5.41 Å². The summed E-state index contributed by atoms with van der Waals surface area (Å²) in [6.07, 6.45) is 6.57. The van der Waals surface area contributed by atoms with Gasteiger partial charge in [-0.1, -0.05) is 6.07 Å². The van der Waals surface area contributed by atoms with E-state index < -0.39 is 11.3 Å². The third kappa shape index (κ3) is 4.33. The van der Waals surface area contributed by atoms with Gasteiger partial charge in [-0.3, -0.25) is 24.3 Å². The Hall–Kier alpha value is -2.48. The van der Waals surface area contributed by atoms with Crippen molar-refractivity contribution < 1.29 is 14.4 Å². The minimum atomic E-state index is -0.922. The lowest BCUT2D eigenvalue weighted by atomic mass is 9.92. The quantitative estimate of drug-likeness (QED) is 0.666. The van der Waals surface area contributed by atoms with Crippen LogP contribution in [0.5, 0.6) is 0 Å². The van der Waals surface area contributed by atoms with Crippen LogP contribution in [0.3, 0.4) is 0 Å². The number of rotatable bonds is 6. The Balaban J connectivity index is 1.25. The summed E-state index contributed by atoms with van der Waals surface area (Å²) in [5, 5.41) is 3.02. The maximum atomic E-state index is 12.7. The Morgan fingerprint density at radius 2 is 1.90 bits per heavy atom. The van der Waals surface area contributed by atoms with E-state index in [-0.39, 0.29) is 17.7 Å². The minimum Gasteiger partial charge on any atom is -0.369 e. The molecule has 30 heavy (non-hydrogen) atoms. The van der Waals surface area contributed by atoms with Crippen molar-refractivity contribution in [3.05, 3.63) is 30.1 Å². The van der Waals surface area contributed by atoms with Gasteiger partial charge in [-0.05, 0) is 57.2 Å². The Labute approximate surface area is 177 Å². The van der Waals surface area contributed by atoms with Crippen LogP contribution in [0.4, 0.5) is 0 Å². The summed E-state index contributed by atoms with van der Waals surface area (Å²) in [4.78, 5) is 45.5. The molecule has 1 aromatic rings.